The molecule has 7 nitrogen and oxygen atoms in total. The van der Waals surface area contributed by atoms with E-state index in [4.69, 9.17) is 5.26 Å². The number of hydrogen-bond acceptors (Lipinski definition) is 5. The molecule has 1 unspecified atom stereocenters. The van der Waals surface area contributed by atoms with E-state index < -0.39 is 0 Å². The van der Waals surface area contributed by atoms with E-state index in [1.165, 1.54) is 0 Å². The normalized spacial score (nSPS) is 16.0. The minimum Gasteiger partial charge on any atom is -0.346 e. The number of fused-ring (bicyclic) bond motifs is 1. The number of hydrogen-bond donors (Lipinski definition) is 2. The molecule has 1 aromatic carbocycles. The van der Waals surface area contributed by atoms with Crippen LogP contribution < -0.4 is 10.3 Å². The summed E-state index contributed by atoms with van der Waals surface area (Å²) in [6.45, 7) is 0.708. The fraction of sp³-hybridized carbons (Fsp3) is 0.158. The minimum atomic E-state index is -0.307. The molecule has 0 saturated carbocycles. The van der Waals surface area contributed by atoms with Crippen LogP contribution in [-0.4, -0.2) is 28.6 Å². The molecule has 4 rings (SSSR count). The predicted octanol–water partition coefficient (Wildman–Crippen LogP) is 3.00. The molecule has 0 radical (unpaired) electrons. The number of aromatic amines is 1. The lowest BCUT2D eigenvalue weighted by Gasteiger charge is -2.17. The van der Waals surface area contributed by atoms with E-state index in [0.29, 0.717) is 12.2 Å². The first-order valence-corrected chi connectivity index (χ1v) is 8.25. The number of nitriles is 1. The molecule has 1 aliphatic heterocycles. The van der Waals surface area contributed by atoms with Gasteiger partial charge in [0.2, 0.25) is 5.91 Å². The SMILES string of the molecule is N#CCC(=O)Nc1cccc(C2C=NN(c3ccnc4[nH]ccc34)C2)c1. The van der Waals surface area contributed by atoms with E-state index in [9.17, 15) is 4.79 Å². The highest BCUT2D eigenvalue weighted by molar-refractivity contribution is 5.93. The molecule has 26 heavy (non-hydrogen) atoms. The molecular formula is C19H16N6O. The maximum atomic E-state index is 11.6. The molecule has 0 aliphatic carbocycles. The van der Waals surface area contributed by atoms with E-state index in [0.717, 1.165) is 22.3 Å². The van der Waals surface area contributed by atoms with Crippen molar-refractivity contribution in [3.05, 3.63) is 54.4 Å². The van der Waals surface area contributed by atoms with Crippen LogP contribution in [0, 0.1) is 11.3 Å². The van der Waals surface area contributed by atoms with Crippen molar-refractivity contribution in [3.8, 4) is 6.07 Å². The Kier molecular flexibility index (Phi) is 4.07. The third-order valence-electron chi connectivity index (χ3n) is 4.31. The number of nitrogens with one attached hydrogen (secondary N) is 2. The van der Waals surface area contributed by atoms with Crippen LogP contribution in [0.3, 0.4) is 0 Å². The average Bonchev–Trinajstić information content (AvgIpc) is 3.31. The van der Waals surface area contributed by atoms with Crippen LogP contribution >= 0.6 is 0 Å². The summed E-state index contributed by atoms with van der Waals surface area (Å²) in [4.78, 5) is 19.0. The Morgan fingerprint density at radius 2 is 2.31 bits per heavy atom. The van der Waals surface area contributed by atoms with Crippen molar-refractivity contribution < 1.29 is 4.79 Å². The number of carbonyl (C=O) groups is 1. The largest absolute Gasteiger partial charge is 0.346 e. The number of carbonyl (C=O) groups excluding carboxylic acids is 1. The fourth-order valence-electron chi connectivity index (χ4n) is 3.09. The maximum absolute atomic E-state index is 11.6. The van der Waals surface area contributed by atoms with Crippen molar-refractivity contribution in [3.63, 3.8) is 0 Å². The first-order valence-electron chi connectivity index (χ1n) is 8.25. The molecule has 0 saturated heterocycles. The minimum absolute atomic E-state index is 0.116. The van der Waals surface area contributed by atoms with Gasteiger partial charge in [-0.15, -0.1) is 0 Å². The summed E-state index contributed by atoms with van der Waals surface area (Å²) in [6.07, 6.45) is 5.39. The number of amides is 1. The van der Waals surface area contributed by atoms with Gasteiger partial charge >= 0.3 is 0 Å². The van der Waals surface area contributed by atoms with Crippen LogP contribution in [-0.2, 0) is 4.79 Å². The summed E-state index contributed by atoms with van der Waals surface area (Å²) < 4.78 is 0. The number of benzene rings is 1. The number of H-pyrrole nitrogens is 1. The zero-order chi connectivity index (χ0) is 17.9. The van der Waals surface area contributed by atoms with Gasteiger partial charge in [0.25, 0.3) is 0 Å². The molecule has 3 heterocycles. The second-order valence-corrected chi connectivity index (χ2v) is 6.03. The molecule has 2 aromatic heterocycles. The summed E-state index contributed by atoms with van der Waals surface area (Å²) in [5.41, 5.74) is 3.59. The van der Waals surface area contributed by atoms with Crippen LogP contribution in [0.25, 0.3) is 11.0 Å². The van der Waals surface area contributed by atoms with Crippen LogP contribution in [0.15, 0.2) is 53.9 Å². The first kappa shape index (κ1) is 15.8. The molecule has 0 fully saturated rings. The second-order valence-electron chi connectivity index (χ2n) is 6.03. The second kappa shape index (κ2) is 6.69. The number of hydrazone groups is 1. The fourth-order valence-corrected chi connectivity index (χ4v) is 3.09. The van der Waals surface area contributed by atoms with Gasteiger partial charge in [-0.05, 0) is 29.8 Å². The highest BCUT2D eigenvalue weighted by Crippen LogP contribution is 2.30. The van der Waals surface area contributed by atoms with E-state index in [-0.39, 0.29) is 18.2 Å². The van der Waals surface area contributed by atoms with Crippen molar-refractivity contribution >= 4 is 34.5 Å². The van der Waals surface area contributed by atoms with Crippen molar-refractivity contribution in [1.82, 2.24) is 9.97 Å². The zero-order valence-corrected chi connectivity index (χ0v) is 13.9. The van der Waals surface area contributed by atoms with Gasteiger partial charge in [-0.3, -0.25) is 9.80 Å². The first-order chi connectivity index (χ1) is 12.7. The van der Waals surface area contributed by atoms with Crippen LogP contribution in [0.2, 0.25) is 0 Å². The van der Waals surface area contributed by atoms with Gasteiger partial charge in [0, 0.05) is 35.6 Å². The van der Waals surface area contributed by atoms with Gasteiger partial charge < -0.3 is 10.3 Å². The van der Waals surface area contributed by atoms with Gasteiger partial charge in [0.1, 0.15) is 12.1 Å². The molecule has 7 heteroatoms. The molecule has 1 aliphatic rings. The lowest BCUT2D eigenvalue weighted by atomic mass is 10.00. The number of pyridine rings is 1. The number of aromatic nitrogens is 2. The van der Waals surface area contributed by atoms with Crippen molar-refractivity contribution in [2.75, 3.05) is 16.9 Å². The summed E-state index contributed by atoms with van der Waals surface area (Å²) >= 11 is 0. The van der Waals surface area contributed by atoms with Crippen LogP contribution in [0.1, 0.15) is 17.9 Å². The third kappa shape index (κ3) is 3.00. The Labute approximate surface area is 150 Å². The van der Waals surface area contributed by atoms with Gasteiger partial charge in [-0.25, -0.2) is 4.98 Å². The Morgan fingerprint density at radius 3 is 3.19 bits per heavy atom. The van der Waals surface area contributed by atoms with Gasteiger partial charge in [-0.1, -0.05) is 12.1 Å². The third-order valence-corrected chi connectivity index (χ3v) is 4.31. The van der Waals surface area contributed by atoms with Crippen LogP contribution in [0.4, 0.5) is 11.4 Å². The summed E-state index contributed by atoms with van der Waals surface area (Å²) in [7, 11) is 0. The summed E-state index contributed by atoms with van der Waals surface area (Å²) in [5.74, 6) is -0.192. The van der Waals surface area contributed by atoms with E-state index in [1.807, 2.05) is 59.9 Å². The molecule has 0 spiro atoms. The summed E-state index contributed by atoms with van der Waals surface area (Å²) in [5, 5.41) is 18.9. The highest BCUT2D eigenvalue weighted by atomic mass is 16.1. The Hall–Kier alpha value is -3.66. The quantitative estimate of drug-likeness (QED) is 0.760. The van der Waals surface area contributed by atoms with Gasteiger partial charge in [-0.2, -0.15) is 10.4 Å². The monoisotopic (exact) mass is 344 g/mol. The highest BCUT2D eigenvalue weighted by Gasteiger charge is 2.22. The number of rotatable bonds is 4. The average molecular weight is 344 g/mol. The molecule has 2 N–H and O–H groups in total. The standard InChI is InChI=1S/C19H16N6O/c20-7-4-18(26)24-15-3-1-2-13(10-15)14-11-23-25(12-14)17-6-9-22-19-16(17)5-8-21-19/h1-3,5-6,8-11,14H,4,12H2,(H,21,22)(H,24,26). The van der Waals surface area contributed by atoms with Gasteiger partial charge in [0.05, 0.1) is 18.3 Å². The smallest absolute Gasteiger partial charge is 0.238 e. The topological polar surface area (TPSA) is 97.2 Å². The van der Waals surface area contributed by atoms with Crippen molar-refractivity contribution in [2.24, 2.45) is 5.10 Å². The molecule has 1 amide bonds. The van der Waals surface area contributed by atoms with E-state index >= 15 is 0 Å². The predicted molar refractivity (Wildman–Crippen MR) is 100.0 cm³/mol. The van der Waals surface area contributed by atoms with E-state index in [2.05, 4.69) is 20.4 Å². The number of nitrogens with zero attached hydrogens (tertiary/aromatic N) is 4. The number of anilines is 2. The molecule has 3 aromatic rings. The van der Waals surface area contributed by atoms with Crippen molar-refractivity contribution in [2.45, 2.75) is 12.3 Å². The molecule has 0 bridgehead atoms. The zero-order valence-electron chi connectivity index (χ0n) is 13.9. The lowest BCUT2D eigenvalue weighted by Crippen LogP contribution is -2.17. The van der Waals surface area contributed by atoms with Crippen molar-refractivity contribution in [1.29, 1.82) is 5.26 Å². The summed E-state index contributed by atoms with van der Waals surface area (Å²) in [6, 6.07) is 13.4. The van der Waals surface area contributed by atoms with Crippen LogP contribution in [0.5, 0.6) is 0 Å². The Bertz CT molecular complexity index is 1030. The molecular weight excluding hydrogens is 328 g/mol. The van der Waals surface area contributed by atoms with E-state index in [1.54, 1.807) is 6.20 Å². The molecule has 128 valence electrons. The molecule has 1 atom stereocenters. The lowest BCUT2D eigenvalue weighted by molar-refractivity contribution is -0.115. The Balaban J connectivity index is 1.53. The Morgan fingerprint density at radius 1 is 1.38 bits per heavy atom. The van der Waals surface area contributed by atoms with Gasteiger partial charge in [0.15, 0.2) is 0 Å². The maximum Gasteiger partial charge on any atom is 0.238 e.